The monoisotopic (exact) mass is 398 g/mol. The van der Waals surface area contributed by atoms with E-state index in [1.54, 1.807) is 4.90 Å². The van der Waals surface area contributed by atoms with E-state index in [1.165, 1.54) is 0 Å². The lowest BCUT2D eigenvalue weighted by molar-refractivity contribution is -0.138. The van der Waals surface area contributed by atoms with E-state index >= 15 is 0 Å². The largest absolute Gasteiger partial charge is 0.342 e. The van der Waals surface area contributed by atoms with Gasteiger partial charge < -0.3 is 14.7 Å². The number of hydrogen-bond donors (Lipinski definition) is 0. The summed E-state index contributed by atoms with van der Waals surface area (Å²) in [6.45, 7) is 5.99. The average molecular weight is 399 g/mol. The van der Waals surface area contributed by atoms with Crippen molar-refractivity contribution in [1.29, 1.82) is 0 Å². The third kappa shape index (κ3) is 4.78. The van der Waals surface area contributed by atoms with Crippen molar-refractivity contribution in [1.82, 2.24) is 19.6 Å². The SMILES string of the molecule is O=C(CN1CCN(C(=O)C2CC(=O)N(Cc3ccccc3)C2)CC1)N1CCCC1. The van der Waals surface area contributed by atoms with Crippen LogP contribution in [0.3, 0.4) is 0 Å². The van der Waals surface area contributed by atoms with Gasteiger partial charge in [-0.2, -0.15) is 0 Å². The summed E-state index contributed by atoms with van der Waals surface area (Å²) >= 11 is 0. The van der Waals surface area contributed by atoms with Gasteiger partial charge in [-0.15, -0.1) is 0 Å². The van der Waals surface area contributed by atoms with Crippen molar-refractivity contribution >= 4 is 17.7 Å². The minimum atomic E-state index is -0.246. The fourth-order valence-electron chi connectivity index (χ4n) is 4.54. The van der Waals surface area contributed by atoms with Crippen LogP contribution in [0.25, 0.3) is 0 Å². The number of nitrogens with zero attached hydrogens (tertiary/aromatic N) is 4. The van der Waals surface area contributed by atoms with Crippen LogP contribution in [0.1, 0.15) is 24.8 Å². The normalized spacial score (nSPS) is 23.1. The molecule has 3 saturated heterocycles. The van der Waals surface area contributed by atoms with Crippen molar-refractivity contribution in [3.63, 3.8) is 0 Å². The van der Waals surface area contributed by atoms with Gasteiger partial charge in [0, 0.05) is 58.8 Å². The molecule has 1 atom stereocenters. The van der Waals surface area contributed by atoms with Gasteiger partial charge in [0.05, 0.1) is 12.5 Å². The van der Waals surface area contributed by atoms with Gasteiger partial charge in [0.2, 0.25) is 17.7 Å². The lowest BCUT2D eigenvalue weighted by atomic mass is 10.1. The second-order valence-corrected chi connectivity index (χ2v) is 8.35. The van der Waals surface area contributed by atoms with Crippen LogP contribution >= 0.6 is 0 Å². The van der Waals surface area contributed by atoms with Crippen LogP contribution in [0.4, 0.5) is 0 Å². The van der Waals surface area contributed by atoms with Crippen LogP contribution in [0.2, 0.25) is 0 Å². The highest BCUT2D eigenvalue weighted by molar-refractivity contribution is 5.89. The molecule has 1 aromatic carbocycles. The number of carbonyl (C=O) groups excluding carboxylic acids is 3. The maximum Gasteiger partial charge on any atom is 0.236 e. The predicted octanol–water partition coefficient (Wildman–Crippen LogP) is 0.802. The molecule has 29 heavy (non-hydrogen) atoms. The second kappa shape index (κ2) is 8.95. The van der Waals surface area contributed by atoms with Crippen molar-refractivity contribution in [2.24, 2.45) is 5.92 Å². The number of piperazine rings is 1. The smallest absolute Gasteiger partial charge is 0.236 e. The summed E-state index contributed by atoms with van der Waals surface area (Å²) < 4.78 is 0. The van der Waals surface area contributed by atoms with Crippen molar-refractivity contribution in [3.05, 3.63) is 35.9 Å². The fraction of sp³-hybridized carbons (Fsp3) is 0.591. The highest BCUT2D eigenvalue weighted by Gasteiger charge is 2.37. The second-order valence-electron chi connectivity index (χ2n) is 8.35. The number of likely N-dealkylation sites (tertiary alicyclic amines) is 2. The lowest BCUT2D eigenvalue weighted by Crippen LogP contribution is -2.52. The summed E-state index contributed by atoms with van der Waals surface area (Å²) in [5.74, 6) is 0.102. The van der Waals surface area contributed by atoms with Crippen LogP contribution in [-0.2, 0) is 20.9 Å². The Labute approximate surface area is 172 Å². The number of carbonyl (C=O) groups is 3. The predicted molar refractivity (Wildman–Crippen MR) is 109 cm³/mol. The quantitative estimate of drug-likeness (QED) is 0.736. The molecule has 156 valence electrons. The molecule has 0 bridgehead atoms. The zero-order valence-electron chi connectivity index (χ0n) is 17.0. The first kappa shape index (κ1) is 19.9. The number of hydrogen-bond acceptors (Lipinski definition) is 4. The van der Waals surface area contributed by atoms with E-state index < -0.39 is 0 Å². The molecule has 0 radical (unpaired) electrons. The summed E-state index contributed by atoms with van der Waals surface area (Å²) in [6.07, 6.45) is 2.52. The third-order valence-electron chi connectivity index (χ3n) is 6.28. The van der Waals surface area contributed by atoms with Crippen LogP contribution < -0.4 is 0 Å². The maximum absolute atomic E-state index is 12.9. The zero-order chi connectivity index (χ0) is 20.2. The van der Waals surface area contributed by atoms with Crippen LogP contribution in [0.15, 0.2) is 30.3 Å². The van der Waals surface area contributed by atoms with Gasteiger partial charge in [0.1, 0.15) is 0 Å². The Bertz CT molecular complexity index is 740. The van der Waals surface area contributed by atoms with Gasteiger partial charge in [-0.1, -0.05) is 30.3 Å². The summed E-state index contributed by atoms with van der Waals surface area (Å²) in [5.41, 5.74) is 1.09. The molecular formula is C22H30N4O3. The van der Waals surface area contributed by atoms with Gasteiger partial charge in [0.25, 0.3) is 0 Å². The van der Waals surface area contributed by atoms with Crippen molar-refractivity contribution in [2.75, 3.05) is 52.4 Å². The summed E-state index contributed by atoms with van der Waals surface area (Å²) in [4.78, 5) is 45.4. The first-order valence-electron chi connectivity index (χ1n) is 10.7. The molecule has 3 amide bonds. The van der Waals surface area contributed by atoms with Crippen LogP contribution in [-0.4, -0.2) is 89.7 Å². The van der Waals surface area contributed by atoms with Gasteiger partial charge in [0.15, 0.2) is 0 Å². The maximum atomic E-state index is 12.9. The van der Waals surface area contributed by atoms with E-state index in [2.05, 4.69) is 4.90 Å². The first-order chi connectivity index (χ1) is 14.1. The highest BCUT2D eigenvalue weighted by Crippen LogP contribution is 2.23. The molecule has 3 heterocycles. The van der Waals surface area contributed by atoms with E-state index in [0.29, 0.717) is 39.1 Å². The van der Waals surface area contributed by atoms with Crippen LogP contribution in [0, 0.1) is 5.92 Å². The van der Waals surface area contributed by atoms with Crippen molar-refractivity contribution < 1.29 is 14.4 Å². The summed E-state index contributed by atoms with van der Waals surface area (Å²) in [7, 11) is 0. The summed E-state index contributed by atoms with van der Waals surface area (Å²) in [6, 6.07) is 9.90. The Kier molecular flexibility index (Phi) is 6.13. The number of amides is 3. The van der Waals surface area contributed by atoms with Crippen LogP contribution in [0.5, 0.6) is 0 Å². The van der Waals surface area contributed by atoms with E-state index in [9.17, 15) is 14.4 Å². The van der Waals surface area contributed by atoms with Crippen molar-refractivity contribution in [3.8, 4) is 0 Å². The van der Waals surface area contributed by atoms with E-state index in [-0.39, 0.29) is 23.6 Å². The lowest BCUT2D eigenvalue weighted by Gasteiger charge is -2.36. The molecule has 3 aliphatic rings. The molecule has 0 aromatic heterocycles. The molecule has 3 aliphatic heterocycles. The minimum Gasteiger partial charge on any atom is -0.342 e. The van der Waals surface area contributed by atoms with E-state index in [1.807, 2.05) is 40.1 Å². The van der Waals surface area contributed by atoms with Crippen molar-refractivity contribution in [2.45, 2.75) is 25.8 Å². The zero-order valence-corrected chi connectivity index (χ0v) is 17.0. The Morgan fingerprint density at radius 1 is 0.897 bits per heavy atom. The Balaban J connectivity index is 1.24. The molecule has 0 aliphatic carbocycles. The van der Waals surface area contributed by atoms with Gasteiger partial charge in [-0.3, -0.25) is 19.3 Å². The molecule has 0 saturated carbocycles. The average Bonchev–Trinajstić information content (AvgIpc) is 3.40. The fourth-order valence-corrected chi connectivity index (χ4v) is 4.54. The molecule has 3 fully saturated rings. The van der Waals surface area contributed by atoms with E-state index in [4.69, 9.17) is 0 Å². The molecule has 1 aromatic rings. The standard InChI is InChI=1S/C22H30N4O3/c27-20-14-19(16-26(20)15-18-6-2-1-3-7-18)22(29)25-12-10-23(11-13-25)17-21(28)24-8-4-5-9-24/h1-3,6-7,19H,4-5,8-17H2. The van der Waals surface area contributed by atoms with Gasteiger partial charge >= 0.3 is 0 Å². The Morgan fingerprint density at radius 2 is 1.59 bits per heavy atom. The molecular weight excluding hydrogens is 368 g/mol. The highest BCUT2D eigenvalue weighted by atomic mass is 16.2. The summed E-state index contributed by atoms with van der Waals surface area (Å²) in [5, 5.41) is 0. The Hall–Kier alpha value is -2.41. The number of benzene rings is 1. The molecule has 4 rings (SSSR count). The van der Waals surface area contributed by atoms with Gasteiger partial charge in [-0.05, 0) is 18.4 Å². The minimum absolute atomic E-state index is 0.0575. The van der Waals surface area contributed by atoms with E-state index in [0.717, 1.165) is 44.6 Å². The molecule has 1 unspecified atom stereocenters. The third-order valence-corrected chi connectivity index (χ3v) is 6.28. The molecule has 7 heteroatoms. The van der Waals surface area contributed by atoms with Gasteiger partial charge in [-0.25, -0.2) is 0 Å². The Morgan fingerprint density at radius 3 is 2.28 bits per heavy atom. The molecule has 7 nitrogen and oxygen atoms in total. The molecule has 0 N–H and O–H groups in total. The topological polar surface area (TPSA) is 64.2 Å². The number of rotatable bonds is 5. The first-order valence-corrected chi connectivity index (χ1v) is 10.7. The molecule has 0 spiro atoms.